The van der Waals surface area contributed by atoms with Crippen molar-refractivity contribution in [1.82, 2.24) is 0 Å². The molecule has 0 aromatic heterocycles. The summed E-state index contributed by atoms with van der Waals surface area (Å²) in [5.74, 6) is 5.94. The lowest BCUT2D eigenvalue weighted by Gasteiger charge is -1.97. The summed E-state index contributed by atoms with van der Waals surface area (Å²) in [4.78, 5) is 0. The topological polar surface area (TPSA) is 0 Å². The normalized spacial score (nSPS) is 9.00. The summed E-state index contributed by atoms with van der Waals surface area (Å²) in [6, 6.07) is 0. The number of hydrogen-bond donors (Lipinski definition) is 0. The highest BCUT2D eigenvalue weighted by molar-refractivity contribution is 5.11. The second-order valence-electron chi connectivity index (χ2n) is 3.40. The molecule has 0 aliphatic rings. The molecule has 0 rings (SSSR count). The van der Waals surface area contributed by atoms with Crippen LogP contribution in [0.5, 0.6) is 0 Å². The van der Waals surface area contributed by atoms with E-state index in [2.05, 4.69) is 25.3 Å². The molecule has 0 N–H and O–H groups in total. The molecule has 0 nitrogen and oxygen atoms in total. The van der Waals surface area contributed by atoms with E-state index in [9.17, 15) is 0 Å². The first-order chi connectivity index (χ1) is 6.41. The van der Waals surface area contributed by atoms with Crippen LogP contribution in [0, 0.1) is 11.8 Å². The van der Waals surface area contributed by atoms with Crippen LogP contribution in [0.3, 0.4) is 0 Å². The van der Waals surface area contributed by atoms with Crippen molar-refractivity contribution in [3.8, 4) is 11.8 Å². The van der Waals surface area contributed by atoms with E-state index >= 15 is 0 Å². The molecule has 0 amide bonds. The maximum atomic E-state index is 3.55. The highest BCUT2D eigenvalue weighted by atomic mass is 13.9. The van der Waals surface area contributed by atoms with Crippen molar-refractivity contribution in [1.29, 1.82) is 0 Å². The molecule has 0 unspecified atom stereocenters. The van der Waals surface area contributed by atoms with Gasteiger partial charge in [-0.3, -0.25) is 0 Å². The summed E-state index contributed by atoms with van der Waals surface area (Å²) in [5, 5.41) is 0. The van der Waals surface area contributed by atoms with E-state index in [4.69, 9.17) is 0 Å². The fourth-order valence-corrected chi connectivity index (χ4v) is 1.31. The maximum absolute atomic E-state index is 3.55. The van der Waals surface area contributed by atoms with Crippen molar-refractivity contribution in [2.75, 3.05) is 0 Å². The van der Waals surface area contributed by atoms with Crippen LogP contribution >= 0.6 is 0 Å². The largest absolute Gasteiger partial charge is 0.0985 e. The third-order valence-electron chi connectivity index (χ3n) is 2.11. The molecule has 0 heterocycles. The van der Waals surface area contributed by atoms with Gasteiger partial charge in [0, 0.05) is 6.42 Å². The predicted octanol–water partition coefficient (Wildman–Crippen LogP) is 4.32. The average molecular weight is 178 g/mol. The molecule has 0 aliphatic carbocycles. The molecule has 0 bridgehead atoms. The minimum absolute atomic E-state index is 1.04. The van der Waals surface area contributed by atoms with Gasteiger partial charge in [0.1, 0.15) is 0 Å². The lowest BCUT2D eigenvalue weighted by molar-refractivity contribution is 0.594. The highest BCUT2D eigenvalue weighted by Gasteiger charge is 1.88. The van der Waals surface area contributed by atoms with Crippen molar-refractivity contribution in [3.05, 3.63) is 12.7 Å². The maximum Gasteiger partial charge on any atom is 0.00922 e. The molecule has 0 aromatic carbocycles. The summed E-state index contributed by atoms with van der Waals surface area (Å²) in [6.07, 6.45) is 12.2. The fourth-order valence-electron chi connectivity index (χ4n) is 1.31. The van der Waals surface area contributed by atoms with Crippen molar-refractivity contribution in [3.63, 3.8) is 0 Å². The Kier molecular flexibility index (Phi) is 10.7. The number of rotatable bonds is 7. The Bertz CT molecular complexity index is 157. The summed E-state index contributed by atoms with van der Waals surface area (Å²) in [7, 11) is 0. The molecular formula is C13H22. The van der Waals surface area contributed by atoms with E-state index in [0.29, 0.717) is 0 Å². The second kappa shape index (κ2) is 11.3. The molecule has 0 heteroatoms. The second-order valence-corrected chi connectivity index (χ2v) is 3.40. The zero-order chi connectivity index (χ0) is 9.78. The molecule has 0 fully saturated rings. The van der Waals surface area contributed by atoms with E-state index in [-0.39, 0.29) is 0 Å². The summed E-state index contributed by atoms with van der Waals surface area (Å²) >= 11 is 0. The van der Waals surface area contributed by atoms with Gasteiger partial charge >= 0.3 is 0 Å². The average Bonchev–Trinajstić information content (AvgIpc) is 2.16. The van der Waals surface area contributed by atoms with Crippen LogP contribution in [0.4, 0.5) is 0 Å². The molecule has 0 radical (unpaired) electrons. The SMILES string of the molecule is C=CC#CCCCCCCCCC. The minimum atomic E-state index is 1.04. The molecule has 0 atom stereocenters. The van der Waals surface area contributed by atoms with Gasteiger partial charge in [-0.25, -0.2) is 0 Å². The van der Waals surface area contributed by atoms with Gasteiger partial charge in [0.25, 0.3) is 0 Å². The van der Waals surface area contributed by atoms with Gasteiger partial charge in [-0.1, -0.05) is 63.9 Å². The van der Waals surface area contributed by atoms with E-state index in [0.717, 1.165) is 6.42 Å². The Morgan fingerprint density at radius 2 is 1.62 bits per heavy atom. The molecule has 13 heavy (non-hydrogen) atoms. The summed E-state index contributed by atoms with van der Waals surface area (Å²) in [6.45, 7) is 5.81. The first-order valence-corrected chi connectivity index (χ1v) is 5.51. The molecule has 0 saturated heterocycles. The lowest BCUT2D eigenvalue weighted by Crippen LogP contribution is -1.78. The molecule has 0 aromatic rings. The molecular weight excluding hydrogens is 156 g/mol. The van der Waals surface area contributed by atoms with Gasteiger partial charge in [0.15, 0.2) is 0 Å². The Labute approximate surface area is 83.4 Å². The zero-order valence-electron chi connectivity index (χ0n) is 8.94. The smallest absolute Gasteiger partial charge is 0.00922 e. The quantitative estimate of drug-likeness (QED) is 0.402. The molecule has 74 valence electrons. The van der Waals surface area contributed by atoms with Gasteiger partial charge in [-0.2, -0.15) is 0 Å². The monoisotopic (exact) mass is 178 g/mol. The first kappa shape index (κ1) is 12.3. The Morgan fingerprint density at radius 3 is 2.23 bits per heavy atom. The van der Waals surface area contributed by atoms with Gasteiger partial charge < -0.3 is 0 Å². The van der Waals surface area contributed by atoms with Gasteiger partial charge in [0.05, 0.1) is 0 Å². The minimum Gasteiger partial charge on any atom is -0.0985 e. The third-order valence-corrected chi connectivity index (χ3v) is 2.11. The van der Waals surface area contributed by atoms with Crippen LogP contribution < -0.4 is 0 Å². The fraction of sp³-hybridized carbons (Fsp3) is 0.692. The molecule has 0 aliphatic heterocycles. The van der Waals surface area contributed by atoms with E-state index in [1.807, 2.05) is 0 Å². The number of hydrogen-bond acceptors (Lipinski definition) is 0. The standard InChI is InChI=1S/C13H22/c1-3-5-7-9-11-13-12-10-8-6-4-2/h3H,1,4,6,8-13H2,2H3. The van der Waals surface area contributed by atoms with Crippen molar-refractivity contribution in [2.45, 2.75) is 58.3 Å². The Hall–Kier alpha value is -0.700. The summed E-state index contributed by atoms with van der Waals surface area (Å²) < 4.78 is 0. The van der Waals surface area contributed by atoms with Crippen LogP contribution in [0.2, 0.25) is 0 Å². The first-order valence-electron chi connectivity index (χ1n) is 5.51. The Balaban J connectivity index is 2.95. The van der Waals surface area contributed by atoms with E-state index < -0.39 is 0 Å². The third kappa shape index (κ3) is 11.3. The molecule has 0 saturated carbocycles. The molecule has 0 spiro atoms. The number of allylic oxidation sites excluding steroid dienone is 1. The Morgan fingerprint density at radius 1 is 1.00 bits per heavy atom. The van der Waals surface area contributed by atoms with E-state index in [1.54, 1.807) is 6.08 Å². The van der Waals surface area contributed by atoms with Crippen molar-refractivity contribution in [2.24, 2.45) is 0 Å². The van der Waals surface area contributed by atoms with Crippen LogP contribution in [0.15, 0.2) is 12.7 Å². The van der Waals surface area contributed by atoms with Crippen LogP contribution in [-0.4, -0.2) is 0 Å². The van der Waals surface area contributed by atoms with Crippen molar-refractivity contribution >= 4 is 0 Å². The number of unbranched alkanes of at least 4 members (excludes halogenated alkanes) is 7. The van der Waals surface area contributed by atoms with Gasteiger partial charge in [-0.15, -0.1) is 0 Å². The van der Waals surface area contributed by atoms with Crippen LogP contribution in [0.1, 0.15) is 58.3 Å². The zero-order valence-corrected chi connectivity index (χ0v) is 8.94. The van der Waals surface area contributed by atoms with Crippen LogP contribution in [-0.2, 0) is 0 Å². The summed E-state index contributed by atoms with van der Waals surface area (Å²) in [5.41, 5.74) is 0. The lowest BCUT2D eigenvalue weighted by atomic mass is 10.1. The van der Waals surface area contributed by atoms with Crippen LogP contribution in [0.25, 0.3) is 0 Å². The predicted molar refractivity (Wildman–Crippen MR) is 60.6 cm³/mol. The van der Waals surface area contributed by atoms with Gasteiger partial charge in [-0.05, 0) is 12.5 Å². The van der Waals surface area contributed by atoms with Gasteiger partial charge in [0.2, 0.25) is 0 Å². The van der Waals surface area contributed by atoms with E-state index in [1.165, 1.54) is 44.9 Å². The highest BCUT2D eigenvalue weighted by Crippen LogP contribution is 2.07. The van der Waals surface area contributed by atoms with Crippen molar-refractivity contribution < 1.29 is 0 Å².